The topological polar surface area (TPSA) is 43.4 Å². The molecule has 0 atom stereocenters. The minimum atomic E-state index is -0.156. The van der Waals surface area contributed by atoms with E-state index in [9.17, 15) is 9.59 Å². The van der Waals surface area contributed by atoms with Crippen molar-refractivity contribution in [3.8, 4) is 0 Å². The summed E-state index contributed by atoms with van der Waals surface area (Å²) in [5.74, 6) is 0.209. The van der Waals surface area contributed by atoms with Gasteiger partial charge in [-0.1, -0.05) is 0 Å². The molecule has 0 aromatic carbocycles. The van der Waals surface area contributed by atoms with Crippen LogP contribution in [0.3, 0.4) is 0 Å². The molecule has 5 aliphatic heterocycles. The molecule has 0 aliphatic carbocycles. The van der Waals surface area contributed by atoms with E-state index < -0.39 is 0 Å². The van der Waals surface area contributed by atoms with E-state index in [0.717, 1.165) is 0 Å². The SMILES string of the molecule is O=C1C=CC(=O)N1CC1C2N3C1N23. The van der Waals surface area contributed by atoms with E-state index in [0.29, 0.717) is 24.8 Å². The molecule has 0 aromatic rings. The second-order valence-electron chi connectivity index (χ2n) is 3.87. The number of carbonyl (C=O) groups excluding carboxylic acids is 2. The Morgan fingerprint density at radius 2 is 1.62 bits per heavy atom. The number of hydrazine groups is 1. The standard InChI is InChI=1S/C8H7N3O2/c12-5-1-2-6(13)9(5)3-4-7-10-8(4)11(7)10/h1-2,4,7-8H,3H2. The van der Waals surface area contributed by atoms with Gasteiger partial charge < -0.3 is 0 Å². The molecule has 5 rings (SSSR count). The van der Waals surface area contributed by atoms with E-state index in [4.69, 9.17) is 0 Å². The predicted octanol–water partition coefficient (Wildman–Crippen LogP) is -1.26. The highest BCUT2D eigenvalue weighted by Gasteiger charge is 2.87. The van der Waals surface area contributed by atoms with Crippen molar-refractivity contribution in [1.29, 1.82) is 0 Å². The number of amides is 2. The third-order valence-electron chi connectivity index (χ3n) is 3.30. The van der Waals surface area contributed by atoms with Gasteiger partial charge in [-0.3, -0.25) is 14.5 Å². The molecule has 0 spiro atoms. The first-order valence-corrected chi connectivity index (χ1v) is 4.39. The molecule has 2 bridgehead atoms. The second-order valence-corrected chi connectivity index (χ2v) is 3.87. The van der Waals surface area contributed by atoms with Gasteiger partial charge in [-0.25, -0.2) is 10.0 Å². The van der Waals surface area contributed by atoms with Gasteiger partial charge in [-0.05, 0) is 0 Å². The van der Waals surface area contributed by atoms with Crippen molar-refractivity contribution in [1.82, 2.24) is 14.9 Å². The summed E-state index contributed by atoms with van der Waals surface area (Å²) < 4.78 is 0. The summed E-state index contributed by atoms with van der Waals surface area (Å²) in [5, 5.41) is 4.51. The van der Waals surface area contributed by atoms with Crippen molar-refractivity contribution in [3.63, 3.8) is 0 Å². The maximum Gasteiger partial charge on any atom is 0.253 e. The minimum Gasteiger partial charge on any atom is -0.275 e. The molecule has 0 saturated carbocycles. The zero-order valence-corrected chi connectivity index (χ0v) is 6.75. The Hall–Kier alpha value is -1.20. The van der Waals surface area contributed by atoms with Crippen LogP contribution in [0.5, 0.6) is 0 Å². The molecule has 4 saturated heterocycles. The van der Waals surface area contributed by atoms with Crippen LogP contribution in [0.15, 0.2) is 12.2 Å². The Bertz CT molecular complexity index is 338. The summed E-state index contributed by atoms with van der Waals surface area (Å²) in [6, 6.07) is 0. The van der Waals surface area contributed by atoms with Gasteiger partial charge in [-0.2, -0.15) is 0 Å². The fraction of sp³-hybridized carbons (Fsp3) is 0.500. The fourth-order valence-electron chi connectivity index (χ4n) is 2.42. The van der Waals surface area contributed by atoms with Crippen molar-refractivity contribution >= 4 is 11.8 Å². The van der Waals surface area contributed by atoms with Crippen LogP contribution in [0.1, 0.15) is 0 Å². The van der Waals surface area contributed by atoms with E-state index in [1.165, 1.54) is 17.1 Å². The highest BCUT2D eigenvalue weighted by Crippen LogP contribution is 2.68. The maximum absolute atomic E-state index is 11.2. The fourth-order valence-corrected chi connectivity index (χ4v) is 2.42. The molecule has 0 unspecified atom stereocenters. The number of nitrogens with zero attached hydrogens (tertiary/aromatic N) is 3. The first kappa shape index (κ1) is 6.28. The Balaban J connectivity index is 1.49. The molecule has 0 aromatic heterocycles. The third-order valence-corrected chi connectivity index (χ3v) is 3.30. The normalized spacial score (nSPS) is 53.5. The van der Waals surface area contributed by atoms with Crippen molar-refractivity contribution in [2.45, 2.75) is 12.3 Å². The summed E-state index contributed by atoms with van der Waals surface area (Å²) in [6.07, 6.45) is 3.82. The van der Waals surface area contributed by atoms with Gasteiger partial charge in [-0.15, -0.1) is 0 Å². The van der Waals surface area contributed by atoms with E-state index in [2.05, 4.69) is 10.0 Å². The van der Waals surface area contributed by atoms with Gasteiger partial charge in [0.15, 0.2) is 0 Å². The third kappa shape index (κ3) is 0.528. The number of imide groups is 1. The van der Waals surface area contributed by atoms with Crippen LogP contribution in [0.25, 0.3) is 0 Å². The molecular formula is C8H7N3O2. The lowest BCUT2D eigenvalue weighted by molar-refractivity contribution is -0.138. The lowest BCUT2D eigenvalue weighted by Gasteiger charge is -2.34. The Morgan fingerprint density at radius 1 is 1.08 bits per heavy atom. The minimum absolute atomic E-state index is 0.156. The van der Waals surface area contributed by atoms with Crippen LogP contribution in [-0.2, 0) is 9.59 Å². The van der Waals surface area contributed by atoms with Gasteiger partial charge in [0.2, 0.25) is 0 Å². The van der Waals surface area contributed by atoms with Crippen LogP contribution in [-0.4, -0.2) is 45.6 Å². The molecule has 5 heterocycles. The summed E-state index contributed by atoms with van der Waals surface area (Å²) in [7, 11) is 0. The van der Waals surface area contributed by atoms with Crippen molar-refractivity contribution < 1.29 is 9.59 Å². The zero-order chi connectivity index (χ0) is 8.74. The molecule has 0 N–H and O–H groups in total. The molecule has 4 fully saturated rings. The highest BCUT2D eigenvalue weighted by molar-refractivity contribution is 6.12. The molecule has 5 aliphatic rings. The first-order chi connectivity index (χ1) is 6.29. The Kier molecular flexibility index (Phi) is 0.753. The average Bonchev–Trinajstić information content (AvgIpc) is 2.84. The predicted molar refractivity (Wildman–Crippen MR) is 40.6 cm³/mol. The Labute approximate surface area is 74.2 Å². The first-order valence-electron chi connectivity index (χ1n) is 4.39. The summed E-state index contributed by atoms with van der Waals surface area (Å²) in [6.45, 7) is 0.604. The van der Waals surface area contributed by atoms with Crippen LogP contribution < -0.4 is 0 Å². The monoisotopic (exact) mass is 177 g/mol. The molecule has 5 nitrogen and oxygen atoms in total. The van der Waals surface area contributed by atoms with Crippen LogP contribution >= 0.6 is 0 Å². The van der Waals surface area contributed by atoms with Crippen LogP contribution in [0.4, 0.5) is 0 Å². The summed E-state index contributed by atoms with van der Waals surface area (Å²) >= 11 is 0. The average molecular weight is 177 g/mol. The largest absolute Gasteiger partial charge is 0.275 e. The molecule has 0 radical (unpaired) electrons. The number of hydrogen-bond acceptors (Lipinski definition) is 4. The number of rotatable bonds is 2. The van der Waals surface area contributed by atoms with Crippen molar-refractivity contribution in [3.05, 3.63) is 12.2 Å². The smallest absolute Gasteiger partial charge is 0.253 e. The van der Waals surface area contributed by atoms with Crippen LogP contribution in [0.2, 0.25) is 0 Å². The summed E-state index contributed by atoms with van der Waals surface area (Å²) in [5.41, 5.74) is 0. The van der Waals surface area contributed by atoms with Crippen molar-refractivity contribution in [2.24, 2.45) is 5.92 Å². The van der Waals surface area contributed by atoms with E-state index >= 15 is 0 Å². The molecular weight excluding hydrogens is 170 g/mol. The van der Waals surface area contributed by atoms with E-state index in [1.807, 2.05) is 0 Å². The highest BCUT2D eigenvalue weighted by atomic mass is 16.2. The quantitative estimate of drug-likeness (QED) is 0.390. The second kappa shape index (κ2) is 1.56. The maximum atomic E-state index is 11.2. The van der Waals surface area contributed by atoms with E-state index in [1.54, 1.807) is 0 Å². The van der Waals surface area contributed by atoms with Gasteiger partial charge in [0.05, 0.1) is 0 Å². The molecule has 13 heavy (non-hydrogen) atoms. The lowest BCUT2D eigenvalue weighted by atomic mass is 9.92. The number of carbonyl (C=O) groups is 2. The lowest BCUT2D eigenvalue weighted by Crippen LogP contribution is -2.54. The van der Waals surface area contributed by atoms with Gasteiger partial charge in [0.25, 0.3) is 11.8 Å². The van der Waals surface area contributed by atoms with Crippen molar-refractivity contribution in [2.75, 3.05) is 6.54 Å². The molecule has 2 amide bonds. The van der Waals surface area contributed by atoms with Gasteiger partial charge >= 0.3 is 0 Å². The van der Waals surface area contributed by atoms with Gasteiger partial charge in [0.1, 0.15) is 12.3 Å². The zero-order valence-electron chi connectivity index (χ0n) is 6.75. The number of hydrogen-bond donors (Lipinski definition) is 0. The van der Waals surface area contributed by atoms with E-state index in [-0.39, 0.29) is 11.8 Å². The van der Waals surface area contributed by atoms with Crippen LogP contribution in [0, 0.1) is 5.92 Å². The summed E-state index contributed by atoms with van der Waals surface area (Å²) in [4.78, 5) is 23.7. The Morgan fingerprint density at radius 3 is 2.08 bits per heavy atom. The molecule has 66 valence electrons. The van der Waals surface area contributed by atoms with Gasteiger partial charge in [0, 0.05) is 24.6 Å². The molecule has 5 heteroatoms.